The van der Waals surface area contributed by atoms with E-state index in [0.717, 1.165) is 25.4 Å². The molecule has 2 rings (SSSR count). The zero-order valence-corrected chi connectivity index (χ0v) is 9.17. The first-order valence-electron chi connectivity index (χ1n) is 5.05. The van der Waals surface area contributed by atoms with E-state index in [1.807, 2.05) is 18.2 Å². The van der Waals surface area contributed by atoms with Crippen molar-refractivity contribution in [1.29, 1.82) is 0 Å². The van der Waals surface area contributed by atoms with Crippen LogP contribution in [0, 0.1) is 0 Å². The number of halogens is 1. The highest BCUT2D eigenvalue weighted by molar-refractivity contribution is 6.30. The second-order valence-corrected chi connectivity index (χ2v) is 3.90. The molecule has 0 saturated carbocycles. The molecule has 1 fully saturated rings. The molecular weight excluding hydrogens is 214 g/mol. The first-order chi connectivity index (χ1) is 7.34. The molecule has 0 spiro atoms. The average Bonchev–Trinajstić information content (AvgIpc) is 2.28. The van der Waals surface area contributed by atoms with Gasteiger partial charge in [-0.25, -0.2) is 0 Å². The third kappa shape index (κ3) is 3.38. The van der Waals surface area contributed by atoms with E-state index in [1.54, 1.807) is 6.07 Å². The normalized spacial score (nSPS) is 21.3. The lowest BCUT2D eigenvalue weighted by molar-refractivity contribution is 0.000197. The third-order valence-corrected chi connectivity index (χ3v) is 2.47. The van der Waals surface area contributed by atoms with Crippen LogP contribution in [0.4, 0.5) is 0 Å². The van der Waals surface area contributed by atoms with Crippen LogP contribution >= 0.6 is 11.6 Å². The van der Waals surface area contributed by atoms with Crippen LogP contribution in [0.2, 0.25) is 5.02 Å². The fourth-order valence-corrected chi connectivity index (χ4v) is 1.65. The monoisotopic (exact) mass is 227 g/mol. The summed E-state index contributed by atoms with van der Waals surface area (Å²) in [7, 11) is 0. The molecule has 1 atom stereocenters. The van der Waals surface area contributed by atoms with E-state index in [1.165, 1.54) is 0 Å². The second-order valence-electron chi connectivity index (χ2n) is 3.47. The maximum atomic E-state index is 5.84. The first-order valence-corrected chi connectivity index (χ1v) is 5.43. The van der Waals surface area contributed by atoms with Gasteiger partial charge in [0.25, 0.3) is 0 Å². The van der Waals surface area contributed by atoms with Gasteiger partial charge in [-0.05, 0) is 18.2 Å². The van der Waals surface area contributed by atoms with Gasteiger partial charge < -0.3 is 14.8 Å². The Labute approximate surface area is 94.3 Å². The highest BCUT2D eigenvalue weighted by Crippen LogP contribution is 2.17. The molecule has 82 valence electrons. The van der Waals surface area contributed by atoms with E-state index in [0.29, 0.717) is 11.6 Å². The molecule has 1 heterocycles. The van der Waals surface area contributed by atoms with Gasteiger partial charge in [-0.3, -0.25) is 0 Å². The lowest BCUT2D eigenvalue weighted by Gasteiger charge is -2.23. The molecule has 0 unspecified atom stereocenters. The van der Waals surface area contributed by atoms with Crippen LogP contribution in [0.5, 0.6) is 5.75 Å². The lowest BCUT2D eigenvalue weighted by Crippen LogP contribution is -2.41. The molecule has 1 aromatic rings. The van der Waals surface area contributed by atoms with E-state index < -0.39 is 0 Å². The minimum atomic E-state index is 0.137. The average molecular weight is 228 g/mol. The van der Waals surface area contributed by atoms with Crippen LogP contribution in [-0.2, 0) is 4.74 Å². The van der Waals surface area contributed by atoms with Crippen LogP contribution in [0.25, 0.3) is 0 Å². The van der Waals surface area contributed by atoms with Crippen molar-refractivity contribution in [2.75, 3.05) is 26.3 Å². The maximum Gasteiger partial charge on any atom is 0.120 e. The van der Waals surface area contributed by atoms with Crippen molar-refractivity contribution in [3.63, 3.8) is 0 Å². The summed E-state index contributed by atoms with van der Waals surface area (Å²) < 4.78 is 11.1. The number of benzene rings is 1. The fraction of sp³-hybridized carbons (Fsp3) is 0.455. The summed E-state index contributed by atoms with van der Waals surface area (Å²) in [5, 5.41) is 3.94. The molecule has 0 aromatic heterocycles. The molecule has 0 amide bonds. The lowest BCUT2D eigenvalue weighted by atomic mass is 10.3. The van der Waals surface area contributed by atoms with Crippen molar-refractivity contribution < 1.29 is 9.47 Å². The topological polar surface area (TPSA) is 30.5 Å². The molecule has 0 aliphatic carbocycles. The summed E-state index contributed by atoms with van der Waals surface area (Å²) in [6.07, 6.45) is 0.137. The van der Waals surface area contributed by atoms with Gasteiger partial charge in [-0.2, -0.15) is 0 Å². The number of hydrogen-bond donors (Lipinski definition) is 1. The zero-order chi connectivity index (χ0) is 10.5. The summed E-state index contributed by atoms with van der Waals surface area (Å²) in [6.45, 7) is 3.09. The number of hydrogen-bond acceptors (Lipinski definition) is 3. The van der Waals surface area contributed by atoms with Gasteiger partial charge in [0.2, 0.25) is 0 Å². The van der Waals surface area contributed by atoms with E-state index in [4.69, 9.17) is 21.1 Å². The van der Waals surface area contributed by atoms with Gasteiger partial charge in [0.15, 0.2) is 0 Å². The van der Waals surface area contributed by atoms with Crippen LogP contribution < -0.4 is 10.1 Å². The highest BCUT2D eigenvalue weighted by Gasteiger charge is 2.13. The number of rotatable bonds is 3. The molecule has 4 heteroatoms. The Morgan fingerprint density at radius 1 is 1.53 bits per heavy atom. The molecule has 1 saturated heterocycles. The van der Waals surface area contributed by atoms with Gasteiger partial charge >= 0.3 is 0 Å². The fourth-order valence-electron chi connectivity index (χ4n) is 1.47. The van der Waals surface area contributed by atoms with E-state index in [2.05, 4.69) is 5.32 Å². The molecule has 0 radical (unpaired) electrons. The summed E-state index contributed by atoms with van der Waals surface area (Å²) in [6, 6.07) is 7.39. The molecule has 0 bridgehead atoms. The van der Waals surface area contributed by atoms with E-state index >= 15 is 0 Å². The minimum absolute atomic E-state index is 0.137. The van der Waals surface area contributed by atoms with Crippen molar-refractivity contribution in [3.8, 4) is 5.75 Å². The Hall–Kier alpha value is -0.770. The molecule has 3 nitrogen and oxygen atoms in total. The SMILES string of the molecule is Clc1cccc(OC[C@@H]2CNCCO2)c1. The number of morpholine rings is 1. The Kier molecular flexibility index (Phi) is 3.83. The summed E-state index contributed by atoms with van der Waals surface area (Å²) in [4.78, 5) is 0. The van der Waals surface area contributed by atoms with Crippen LogP contribution in [-0.4, -0.2) is 32.4 Å². The maximum absolute atomic E-state index is 5.84. The van der Waals surface area contributed by atoms with E-state index in [-0.39, 0.29) is 6.10 Å². The molecular formula is C11H14ClNO2. The van der Waals surface area contributed by atoms with E-state index in [9.17, 15) is 0 Å². The van der Waals surface area contributed by atoms with Crippen molar-refractivity contribution in [1.82, 2.24) is 5.32 Å². The van der Waals surface area contributed by atoms with Crippen LogP contribution in [0.15, 0.2) is 24.3 Å². The largest absolute Gasteiger partial charge is 0.491 e. The Balaban J connectivity index is 1.81. The Bertz CT molecular complexity index is 313. The molecule has 1 aliphatic rings. The van der Waals surface area contributed by atoms with Gasteiger partial charge in [0.05, 0.1) is 6.61 Å². The summed E-state index contributed by atoms with van der Waals surface area (Å²) in [5.74, 6) is 0.789. The van der Waals surface area contributed by atoms with Gasteiger partial charge in [0.1, 0.15) is 18.5 Å². The van der Waals surface area contributed by atoms with Gasteiger partial charge in [0, 0.05) is 18.1 Å². The standard InChI is InChI=1S/C11H14ClNO2/c12-9-2-1-3-10(6-9)15-8-11-7-13-4-5-14-11/h1-3,6,11,13H,4-5,7-8H2/t11-/m0/s1. The van der Waals surface area contributed by atoms with Crippen molar-refractivity contribution in [2.24, 2.45) is 0 Å². The number of ether oxygens (including phenoxy) is 2. The molecule has 15 heavy (non-hydrogen) atoms. The predicted octanol–water partition coefficient (Wildman–Crippen LogP) is 1.71. The highest BCUT2D eigenvalue weighted by atomic mass is 35.5. The Morgan fingerprint density at radius 2 is 2.47 bits per heavy atom. The quantitative estimate of drug-likeness (QED) is 0.853. The minimum Gasteiger partial charge on any atom is -0.491 e. The van der Waals surface area contributed by atoms with Crippen LogP contribution in [0.3, 0.4) is 0 Å². The number of nitrogens with one attached hydrogen (secondary N) is 1. The van der Waals surface area contributed by atoms with Gasteiger partial charge in [-0.15, -0.1) is 0 Å². The molecule has 1 aromatic carbocycles. The predicted molar refractivity (Wildman–Crippen MR) is 59.6 cm³/mol. The van der Waals surface area contributed by atoms with Crippen molar-refractivity contribution in [2.45, 2.75) is 6.10 Å². The molecule has 1 N–H and O–H groups in total. The van der Waals surface area contributed by atoms with Crippen molar-refractivity contribution >= 4 is 11.6 Å². The Morgan fingerprint density at radius 3 is 3.20 bits per heavy atom. The first kappa shape index (κ1) is 10.7. The van der Waals surface area contributed by atoms with Crippen molar-refractivity contribution in [3.05, 3.63) is 29.3 Å². The third-order valence-electron chi connectivity index (χ3n) is 2.24. The van der Waals surface area contributed by atoms with Gasteiger partial charge in [-0.1, -0.05) is 17.7 Å². The summed E-state index contributed by atoms with van der Waals surface area (Å²) in [5.41, 5.74) is 0. The van der Waals surface area contributed by atoms with Crippen LogP contribution in [0.1, 0.15) is 0 Å². The summed E-state index contributed by atoms with van der Waals surface area (Å²) >= 11 is 5.84. The smallest absolute Gasteiger partial charge is 0.120 e. The molecule has 1 aliphatic heterocycles. The second kappa shape index (κ2) is 5.35. The zero-order valence-electron chi connectivity index (χ0n) is 8.41.